The van der Waals surface area contributed by atoms with Gasteiger partial charge in [-0.05, 0) is 20.8 Å². The number of aliphatic hydroxyl groups is 1. The predicted molar refractivity (Wildman–Crippen MR) is 49.9 cm³/mol. The Balaban J connectivity index is 0. The highest BCUT2D eigenvalue weighted by atomic mass is 16.3. The van der Waals surface area contributed by atoms with Gasteiger partial charge >= 0.3 is 0 Å². The van der Waals surface area contributed by atoms with E-state index in [-0.39, 0.29) is 0 Å². The second-order valence-electron chi connectivity index (χ2n) is 2.83. The summed E-state index contributed by atoms with van der Waals surface area (Å²) in [5, 5.41) is 17.0. The number of hydrogen-bond donors (Lipinski definition) is 1. The second kappa shape index (κ2) is 9.48. The van der Waals surface area contributed by atoms with Crippen LogP contribution in [0.15, 0.2) is 0 Å². The fourth-order valence-electron chi connectivity index (χ4n) is 1.36. The minimum Gasteiger partial charge on any atom is -0.554 e. The number of nitrogens with zero attached hydrogens (tertiary/aromatic N) is 1. The zero-order valence-corrected chi connectivity index (χ0v) is 8.82. The van der Waals surface area contributed by atoms with E-state index in [1.54, 1.807) is 0 Å². The number of aliphatic hydroxyl groups excluding tert-OH is 1. The third kappa shape index (κ3) is 6.54. The molecule has 4 heteroatoms. The first-order valence-corrected chi connectivity index (χ1v) is 4.67. The van der Waals surface area contributed by atoms with Gasteiger partial charge in [-0.25, -0.2) is 0 Å². The van der Waals surface area contributed by atoms with Gasteiger partial charge in [-0.1, -0.05) is 0 Å². The number of rotatable bonds is 5. The van der Waals surface area contributed by atoms with Crippen LogP contribution < -0.4 is 5.11 Å². The Labute approximate surface area is 80.4 Å². The second-order valence-corrected chi connectivity index (χ2v) is 2.83. The highest BCUT2D eigenvalue weighted by Gasteiger charge is 2.18. The lowest BCUT2D eigenvalue weighted by Crippen LogP contribution is -2.49. The fourth-order valence-corrected chi connectivity index (χ4v) is 1.36. The fraction of sp³-hybridized carbons (Fsp3) is 0.889. The largest absolute Gasteiger partial charge is 0.554 e. The van der Waals surface area contributed by atoms with Gasteiger partial charge in [0.1, 0.15) is 6.54 Å². The van der Waals surface area contributed by atoms with Crippen molar-refractivity contribution in [2.24, 2.45) is 0 Å². The number of carbonyl (C=O) groups excluding carboxylic acids is 1. The van der Waals surface area contributed by atoms with E-state index in [0.717, 1.165) is 30.7 Å². The summed E-state index contributed by atoms with van der Waals surface area (Å²) in [5.41, 5.74) is 0. The van der Waals surface area contributed by atoms with Crippen LogP contribution in [0.1, 0.15) is 20.8 Å². The zero-order valence-electron chi connectivity index (χ0n) is 8.82. The van der Waals surface area contributed by atoms with Gasteiger partial charge in [0.2, 0.25) is 0 Å². The Morgan fingerprint density at radius 2 is 1.54 bits per heavy atom. The summed E-state index contributed by atoms with van der Waals surface area (Å²) in [6.45, 7) is 10.7. The Morgan fingerprint density at radius 3 is 1.62 bits per heavy atom. The molecule has 0 heterocycles. The monoisotopic (exact) mass is 191 g/mol. The summed E-state index contributed by atoms with van der Waals surface area (Å²) in [5.74, 6) is 0. The van der Waals surface area contributed by atoms with Crippen LogP contribution in [-0.2, 0) is 4.79 Å². The van der Waals surface area contributed by atoms with Crippen molar-refractivity contribution in [2.75, 3.05) is 32.8 Å². The molecule has 80 valence electrons. The van der Waals surface area contributed by atoms with E-state index in [2.05, 4.69) is 20.8 Å². The normalized spacial score (nSPS) is 10.2. The molecule has 0 aliphatic rings. The number of quaternary nitrogens is 1. The number of hydrogen-bond acceptors (Lipinski definition) is 3. The molecule has 0 aliphatic carbocycles. The lowest BCUT2D eigenvalue weighted by Gasteiger charge is -2.34. The van der Waals surface area contributed by atoms with Crippen molar-refractivity contribution in [1.82, 2.24) is 0 Å². The summed E-state index contributed by atoms with van der Waals surface area (Å²) < 4.78 is 1.05. The van der Waals surface area contributed by atoms with Crippen LogP contribution in [0.5, 0.6) is 0 Å². The standard InChI is InChI=1S/C8H20NO.CH2O2/c1-4-9(5-2,6-3)7-8-10;2-1-3/h10H,4-8H2,1-3H3;1H,(H,2,3)/q+1;/p-1. The lowest BCUT2D eigenvalue weighted by atomic mass is 10.3. The van der Waals surface area contributed by atoms with Gasteiger partial charge < -0.3 is 19.5 Å². The molecule has 13 heavy (non-hydrogen) atoms. The molecule has 0 radical (unpaired) electrons. The topological polar surface area (TPSA) is 60.4 Å². The maximum atomic E-state index is 8.78. The van der Waals surface area contributed by atoms with Crippen LogP contribution in [0, 0.1) is 0 Å². The molecule has 0 amide bonds. The minimum absolute atomic E-state index is 0.315. The first-order valence-electron chi connectivity index (χ1n) is 4.67. The highest BCUT2D eigenvalue weighted by molar-refractivity contribution is 5.29. The molecular formula is C9H21NO3. The first-order chi connectivity index (χ1) is 6.16. The maximum Gasteiger partial charge on any atom is 0.102 e. The summed E-state index contributed by atoms with van der Waals surface area (Å²) in [4.78, 5) is 8.25. The average Bonchev–Trinajstić information content (AvgIpc) is 2.16. The number of carboxylic acid groups (broad SMARTS) is 1. The summed E-state index contributed by atoms with van der Waals surface area (Å²) >= 11 is 0. The molecule has 0 fully saturated rings. The zero-order chi connectivity index (χ0) is 10.7. The van der Waals surface area contributed by atoms with Crippen molar-refractivity contribution in [3.8, 4) is 0 Å². The molecule has 4 nitrogen and oxygen atoms in total. The van der Waals surface area contributed by atoms with Crippen LogP contribution in [0.25, 0.3) is 0 Å². The van der Waals surface area contributed by atoms with Gasteiger partial charge in [0.25, 0.3) is 0 Å². The van der Waals surface area contributed by atoms with Crippen LogP contribution in [-0.4, -0.2) is 48.8 Å². The SMILES string of the molecule is CC[N+](CC)(CC)CCO.O=C[O-]. The summed E-state index contributed by atoms with van der Waals surface area (Å²) in [6, 6.07) is 0. The van der Waals surface area contributed by atoms with Crippen molar-refractivity contribution >= 4 is 6.47 Å². The van der Waals surface area contributed by atoms with Gasteiger partial charge in [-0.3, -0.25) is 0 Å². The van der Waals surface area contributed by atoms with E-state index in [4.69, 9.17) is 15.0 Å². The van der Waals surface area contributed by atoms with E-state index in [9.17, 15) is 0 Å². The quantitative estimate of drug-likeness (QED) is 0.458. The summed E-state index contributed by atoms with van der Waals surface area (Å²) in [6.07, 6.45) is 0. The Bertz CT molecular complexity index is 105. The summed E-state index contributed by atoms with van der Waals surface area (Å²) in [7, 11) is 0. The number of likely N-dealkylation sites (N-methyl/N-ethyl adjacent to an activating group) is 1. The average molecular weight is 191 g/mol. The minimum atomic E-state index is -0.500. The van der Waals surface area contributed by atoms with Gasteiger partial charge in [0, 0.05) is 6.47 Å². The predicted octanol–water partition coefficient (Wildman–Crippen LogP) is -0.779. The van der Waals surface area contributed by atoms with Gasteiger partial charge in [0.15, 0.2) is 0 Å². The Kier molecular flexibility index (Phi) is 10.9. The molecule has 0 aromatic rings. The van der Waals surface area contributed by atoms with Gasteiger partial charge in [-0.15, -0.1) is 0 Å². The Hall–Kier alpha value is -0.610. The lowest BCUT2D eigenvalue weighted by molar-refractivity contribution is -0.923. The number of carbonyl (C=O) groups is 1. The molecule has 0 aromatic heterocycles. The molecule has 0 saturated carbocycles. The van der Waals surface area contributed by atoms with Gasteiger partial charge in [-0.2, -0.15) is 0 Å². The van der Waals surface area contributed by atoms with Crippen molar-refractivity contribution < 1.29 is 19.5 Å². The van der Waals surface area contributed by atoms with Crippen LogP contribution in [0.2, 0.25) is 0 Å². The van der Waals surface area contributed by atoms with Crippen molar-refractivity contribution in [3.05, 3.63) is 0 Å². The molecule has 0 bridgehead atoms. The molecule has 0 aliphatic heterocycles. The molecule has 0 spiro atoms. The highest BCUT2D eigenvalue weighted by Crippen LogP contribution is 2.03. The van der Waals surface area contributed by atoms with Gasteiger partial charge in [0.05, 0.1) is 26.2 Å². The van der Waals surface area contributed by atoms with E-state index in [1.807, 2.05) is 0 Å². The van der Waals surface area contributed by atoms with Crippen LogP contribution in [0.4, 0.5) is 0 Å². The Morgan fingerprint density at radius 1 is 1.23 bits per heavy atom. The van der Waals surface area contributed by atoms with E-state index < -0.39 is 6.47 Å². The smallest absolute Gasteiger partial charge is 0.102 e. The molecule has 0 atom stereocenters. The van der Waals surface area contributed by atoms with Crippen molar-refractivity contribution in [3.63, 3.8) is 0 Å². The molecular weight excluding hydrogens is 170 g/mol. The molecule has 1 N–H and O–H groups in total. The maximum absolute atomic E-state index is 8.78. The van der Waals surface area contributed by atoms with Crippen LogP contribution in [0.3, 0.4) is 0 Å². The van der Waals surface area contributed by atoms with Crippen LogP contribution >= 0.6 is 0 Å². The molecule has 0 unspecified atom stereocenters. The van der Waals surface area contributed by atoms with E-state index >= 15 is 0 Å². The third-order valence-corrected chi connectivity index (χ3v) is 2.59. The molecule has 0 saturated heterocycles. The first kappa shape index (κ1) is 14.9. The molecule has 0 aromatic carbocycles. The molecule has 0 rings (SSSR count). The van der Waals surface area contributed by atoms with Crippen molar-refractivity contribution in [1.29, 1.82) is 0 Å². The van der Waals surface area contributed by atoms with Crippen molar-refractivity contribution in [2.45, 2.75) is 20.8 Å². The third-order valence-electron chi connectivity index (χ3n) is 2.59. The van der Waals surface area contributed by atoms with E-state index in [0.29, 0.717) is 6.61 Å². The van der Waals surface area contributed by atoms with E-state index in [1.165, 1.54) is 0 Å².